The lowest BCUT2D eigenvalue weighted by Crippen LogP contribution is -2.33. The predicted octanol–water partition coefficient (Wildman–Crippen LogP) is 0.571. The zero-order chi connectivity index (χ0) is 14.5. The van der Waals surface area contributed by atoms with Gasteiger partial charge in [0.1, 0.15) is 5.76 Å². The van der Waals surface area contributed by atoms with E-state index in [1.807, 2.05) is 25.9 Å². The fourth-order valence-corrected chi connectivity index (χ4v) is 2.54. The largest absolute Gasteiger partial charge is 0.447 e. The van der Waals surface area contributed by atoms with Gasteiger partial charge in [0.2, 0.25) is 5.09 Å². The number of nitrogens with one attached hydrogen (secondary N) is 1. The van der Waals surface area contributed by atoms with Crippen molar-refractivity contribution in [1.29, 1.82) is 0 Å². The molecular weight excluding hydrogens is 266 g/mol. The van der Waals surface area contributed by atoms with Gasteiger partial charge in [-0.05, 0) is 32.8 Å². The fraction of sp³-hybridized carbons (Fsp3) is 0.667. The third kappa shape index (κ3) is 4.61. The van der Waals surface area contributed by atoms with E-state index >= 15 is 0 Å². The van der Waals surface area contributed by atoms with Crippen LogP contribution in [0.3, 0.4) is 0 Å². The third-order valence-corrected chi connectivity index (χ3v) is 4.44. The molecule has 19 heavy (non-hydrogen) atoms. The highest BCUT2D eigenvalue weighted by atomic mass is 32.2. The number of furan rings is 1. The molecule has 0 radical (unpaired) electrons. The first-order valence-corrected chi connectivity index (χ1v) is 7.72. The molecule has 0 aliphatic rings. The molecule has 0 aliphatic carbocycles. The lowest BCUT2D eigenvalue weighted by Gasteiger charge is -2.17. The maximum absolute atomic E-state index is 12.2. The fourth-order valence-electron chi connectivity index (χ4n) is 1.45. The smallest absolute Gasteiger partial charge is 0.276 e. The lowest BCUT2D eigenvalue weighted by atomic mass is 10.4. The Morgan fingerprint density at radius 1 is 1.21 bits per heavy atom. The Labute approximate surface area is 115 Å². The second kappa shape index (κ2) is 7.04. The van der Waals surface area contributed by atoms with Gasteiger partial charge in [-0.1, -0.05) is 6.92 Å². The van der Waals surface area contributed by atoms with Gasteiger partial charge in [0, 0.05) is 20.1 Å². The van der Waals surface area contributed by atoms with Crippen LogP contribution in [-0.4, -0.2) is 58.4 Å². The second-order valence-corrected chi connectivity index (χ2v) is 6.61. The number of rotatable bonds is 8. The molecule has 0 amide bonds. The van der Waals surface area contributed by atoms with E-state index in [4.69, 9.17) is 4.42 Å². The van der Waals surface area contributed by atoms with Crippen LogP contribution in [0.5, 0.6) is 0 Å². The SMILES string of the molecule is CCNCc1ccc(S(=O)(=O)N(C)CCN(C)C)o1. The number of sulfonamides is 1. The van der Waals surface area contributed by atoms with Crippen LogP contribution in [0.25, 0.3) is 0 Å². The summed E-state index contributed by atoms with van der Waals surface area (Å²) in [4.78, 5) is 1.94. The summed E-state index contributed by atoms with van der Waals surface area (Å²) in [5, 5.41) is 3.09. The van der Waals surface area contributed by atoms with Gasteiger partial charge >= 0.3 is 0 Å². The average Bonchev–Trinajstić information content (AvgIpc) is 2.82. The lowest BCUT2D eigenvalue weighted by molar-refractivity contribution is 0.344. The first-order valence-electron chi connectivity index (χ1n) is 6.28. The molecule has 0 spiro atoms. The van der Waals surface area contributed by atoms with Crippen LogP contribution in [0.2, 0.25) is 0 Å². The van der Waals surface area contributed by atoms with Crippen molar-refractivity contribution < 1.29 is 12.8 Å². The van der Waals surface area contributed by atoms with E-state index in [9.17, 15) is 8.42 Å². The summed E-state index contributed by atoms with van der Waals surface area (Å²) in [6.07, 6.45) is 0. The Morgan fingerprint density at radius 3 is 2.47 bits per heavy atom. The van der Waals surface area contributed by atoms with Crippen molar-refractivity contribution in [2.24, 2.45) is 0 Å². The summed E-state index contributed by atoms with van der Waals surface area (Å²) in [7, 11) is 1.84. The Morgan fingerprint density at radius 2 is 1.89 bits per heavy atom. The van der Waals surface area contributed by atoms with Gasteiger partial charge < -0.3 is 14.6 Å². The summed E-state index contributed by atoms with van der Waals surface area (Å²) < 4.78 is 31.1. The van der Waals surface area contributed by atoms with E-state index in [0.717, 1.165) is 6.54 Å². The normalized spacial score (nSPS) is 12.5. The van der Waals surface area contributed by atoms with E-state index in [0.29, 0.717) is 25.4 Å². The Hall–Kier alpha value is -0.890. The third-order valence-electron chi connectivity index (χ3n) is 2.71. The molecular formula is C12H23N3O3S. The van der Waals surface area contributed by atoms with E-state index in [2.05, 4.69) is 5.32 Å². The summed E-state index contributed by atoms with van der Waals surface area (Å²) >= 11 is 0. The number of hydrogen-bond donors (Lipinski definition) is 1. The quantitative estimate of drug-likeness (QED) is 0.758. The minimum Gasteiger partial charge on any atom is -0.447 e. The van der Waals surface area contributed by atoms with Crippen molar-refractivity contribution >= 4 is 10.0 Å². The average molecular weight is 289 g/mol. The summed E-state index contributed by atoms with van der Waals surface area (Å²) in [5.74, 6) is 0.626. The van der Waals surface area contributed by atoms with Gasteiger partial charge in [0.05, 0.1) is 6.54 Å². The van der Waals surface area contributed by atoms with Gasteiger partial charge in [-0.25, -0.2) is 8.42 Å². The molecule has 0 bridgehead atoms. The Bertz CT molecular complexity index is 482. The molecule has 1 heterocycles. The van der Waals surface area contributed by atoms with Crippen LogP contribution in [-0.2, 0) is 16.6 Å². The van der Waals surface area contributed by atoms with Crippen LogP contribution in [0.15, 0.2) is 21.6 Å². The van der Waals surface area contributed by atoms with Gasteiger partial charge in [0.25, 0.3) is 10.0 Å². The molecule has 1 aromatic heterocycles. The highest BCUT2D eigenvalue weighted by Crippen LogP contribution is 2.17. The summed E-state index contributed by atoms with van der Waals surface area (Å²) in [5.41, 5.74) is 0. The molecule has 6 nitrogen and oxygen atoms in total. The minimum atomic E-state index is -3.53. The van der Waals surface area contributed by atoms with Crippen LogP contribution < -0.4 is 5.32 Å². The molecule has 0 fully saturated rings. The number of hydrogen-bond acceptors (Lipinski definition) is 5. The van der Waals surface area contributed by atoms with Crippen LogP contribution >= 0.6 is 0 Å². The maximum Gasteiger partial charge on any atom is 0.276 e. The van der Waals surface area contributed by atoms with Gasteiger partial charge in [-0.15, -0.1) is 0 Å². The zero-order valence-electron chi connectivity index (χ0n) is 12.0. The predicted molar refractivity (Wildman–Crippen MR) is 74.5 cm³/mol. The summed E-state index contributed by atoms with van der Waals surface area (Å²) in [6, 6.07) is 3.20. The van der Waals surface area contributed by atoms with Gasteiger partial charge in [-0.3, -0.25) is 0 Å². The molecule has 0 atom stereocenters. The molecule has 0 unspecified atom stereocenters. The molecule has 1 N–H and O–H groups in total. The highest BCUT2D eigenvalue weighted by Gasteiger charge is 2.24. The first kappa shape index (κ1) is 16.2. The van der Waals surface area contributed by atoms with E-state index in [1.54, 1.807) is 13.1 Å². The maximum atomic E-state index is 12.2. The van der Waals surface area contributed by atoms with Gasteiger partial charge in [0.15, 0.2) is 0 Å². The Kier molecular flexibility index (Phi) is 5.99. The standard InChI is InChI=1S/C12H23N3O3S/c1-5-13-10-11-6-7-12(18-11)19(16,17)15(4)9-8-14(2)3/h6-7,13H,5,8-10H2,1-4H3. The topological polar surface area (TPSA) is 65.8 Å². The number of likely N-dealkylation sites (N-methyl/N-ethyl adjacent to an activating group) is 2. The van der Waals surface area contributed by atoms with E-state index in [-0.39, 0.29) is 5.09 Å². The number of nitrogens with zero attached hydrogens (tertiary/aromatic N) is 2. The molecule has 0 aromatic carbocycles. The van der Waals surface area contributed by atoms with Crippen LogP contribution in [0.4, 0.5) is 0 Å². The first-order chi connectivity index (χ1) is 8.87. The van der Waals surface area contributed by atoms with Crippen molar-refractivity contribution in [3.8, 4) is 0 Å². The van der Waals surface area contributed by atoms with Crippen molar-refractivity contribution in [3.63, 3.8) is 0 Å². The minimum absolute atomic E-state index is 0.00154. The van der Waals surface area contributed by atoms with Crippen molar-refractivity contribution in [2.75, 3.05) is 40.8 Å². The van der Waals surface area contributed by atoms with Crippen molar-refractivity contribution in [1.82, 2.24) is 14.5 Å². The van der Waals surface area contributed by atoms with E-state index in [1.165, 1.54) is 10.4 Å². The second-order valence-electron chi connectivity index (χ2n) is 4.63. The highest BCUT2D eigenvalue weighted by molar-refractivity contribution is 7.89. The zero-order valence-corrected chi connectivity index (χ0v) is 12.8. The molecule has 0 saturated heterocycles. The molecule has 1 aromatic rings. The summed E-state index contributed by atoms with van der Waals surface area (Å²) in [6.45, 7) is 4.42. The molecule has 110 valence electrons. The van der Waals surface area contributed by atoms with Crippen molar-refractivity contribution in [2.45, 2.75) is 18.6 Å². The van der Waals surface area contributed by atoms with Crippen LogP contribution in [0, 0.1) is 0 Å². The molecule has 7 heteroatoms. The van der Waals surface area contributed by atoms with E-state index < -0.39 is 10.0 Å². The van der Waals surface area contributed by atoms with Crippen LogP contribution in [0.1, 0.15) is 12.7 Å². The van der Waals surface area contributed by atoms with Crippen molar-refractivity contribution in [3.05, 3.63) is 17.9 Å². The molecule has 0 aliphatic heterocycles. The Balaban J connectivity index is 2.73. The van der Waals surface area contributed by atoms with Gasteiger partial charge in [-0.2, -0.15) is 4.31 Å². The molecule has 0 saturated carbocycles. The monoisotopic (exact) mass is 289 g/mol. The molecule has 1 rings (SSSR count).